The van der Waals surface area contributed by atoms with Crippen molar-refractivity contribution in [3.05, 3.63) is 0 Å². The Hall–Kier alpha value is -0.160. The van der Waals surface area contributed by atoms with E-state index >= 15 is 0 Å². The Morgan fingerprint density at radius 1 is 1.05 bits per heavy atom. The lowest BCUT2D eigenvalue weighted by Crippen LogP contribution is -2.52. The van der Waals surface area contributed by atoms with Gasteiger partial charge in [0.25, 0.3) is 0 Å². The van der Waals surface area contributed by atoms with E-state index in [4.69, 9.17) is 10.5 Å². The summed E-state index contributed by atoms with van der Waals surface area (Å²) in [7, 11) is 0. The summed E-state index contributed by atoms with van der Waals surface area (Å²) >= 11 is 0. The van der Waals surface area contributed by atoms with Gasteiger partial charge in [-0.05, 0) is 77.5 Å². The number of rotatable bonds is 5. The third-order valence-corrected chi connectivity index (χ3v) is 5.80. The lowest BCUT2D eigenvalue weighted by molar-refractivity contribution is -0.148. The molecule has 21 heavy (non-hydrogen) atoms. The molecule has 1 aliphatic carbocycles. The van der Waals surface area contributed by atoms with Gasteiger partial charge in [-0.1, -0.05) is 0 Å². The van der Waals surface area contributed by atoms with Crippen LogP contribution in [0.5, 0.6) is 0 Å². The number of hydrogen-bond donors (Lipinski definition) is 1. The molecule has 4 heteroatoms. The Balaban J connectivity index is 1.46. The number of nitrogens with two attached hydrogens (primary N) is 1. The van der Waals surface area contributed by atoms with Crippen LogP contribution in [0.2, 0.25) is 0 Å². The summed E-state index contributed by atoms with van der Waals surface area (Å²) in [6.45, 7) is 8.12. The molecule has 0 aromatic rings. The number of ether oxygens (including phenoxy) is 1. The second-order valence-corrected chi connectivity index (χ2v) is 7.26. The first-order chi connectivity index (χ1) is 10.3. The predicted octanol–water partition coefficient (Wildman–Crippen LogP) is 1.83. The van der Waals surface area contributed by atoms with E-state index in [0.717, 1.165) is 19.2 Å². The molecule has 0 bridgehead atoms. The molecule has 0 aromatic heterocycles. The smallest absolute Gasteiger partial charge is 0.0697 e. The normalized spacial score (nSPS) is 31.0. The van der Waals surface area contributed by atoms with Crippen LogP contribution in [0, 0.1) is 0 Å². The Kier molecular flexibility index (Phi) is 5.54. The highest BCUT2D eigenvalue weighted by Gasteiger charge is 2.43. The van der Waals surface area contributed by atoms with Crippen LogP contribution in [0.25, 0.3) is 0 Å². The molecule has 3 fully saturated rings. The van der Waals surface area contributed by atoms with Crippen molar-refractivity contribution in [1.82, 2.24) is 9.80 Å². The van der Waals surface area contributed by atoms with Crippen molar-refractivity contribution in [2.75, 3.05) is 45.9 Å². The standard InChI is InChI=1S/C17H33N3O/c18-8-1-2-9-19-10-4-11-20(13-12-19)16-5-14-21-17(15-16)6-3-7-17/h16H,1-15,18H2. The first-order valence-corrected chi connectivity index (χ1v) is 9.12. The molecule has 122 valence electrons. The Labute approximate surface area is 130 Å². The Morgan fingerprint density at radius 2 is 1.95 bits per heavy atom. The van der Waals surface area contributed by atoms with Gasteiger partial charge in [0.05, 0.1) is 5.60 Å². The molecule has 2 saturated heterocycles. The molecular weight excluding hydrogens is 262 g/mol. The molecule has 2 aliphatic heterocycles. The SMILES string of the molecule is NCCCCN1CCCN(C2CCOC3(CCC3)C2)CC1. The van der Waals surface area contributed by atoms with E-state index in [-0.39, 0.29) is 5.60 Å². The fourth-order valence-corrected chi connectivity index (χ4v) is 4.29. The minimum Gasteiger partial charge on any atom is -0.375 e. The summed E-state index contributed by atoms with van der Waals surface area (Å²) in [4.78, 5) is 5.42. The van der Waals surface area contributed by atoms with Gasteiger partial charge in [-0.3, -0.25) is 4.90 Å². The average molecular weight is 295 g/mol. The van der Waals surface area contributed by atoms with Crippen LogP contribution >= 0.6 is 0 Å². The summed E-state index contributed by atoms with van der Waals surface area (Å²) in [5.41, 5.74) is 5.89. The highest BCUT2D eigenvalue weighted by atomic mass is 16.5. The van der Waals surface area contributed by atoms with Gasteiger partial charge >= 0.3 is 0 Å². The van der Waals surface area contributed by atoms with Crippen LogP contribution in [-0.4, -0.2) is 67.3 Å². The molecule has 3 aliphatic rings. The van der Waals surface area contributed by atoms with Crippen LogP contribution in [0.1, 0.15) is 51.4 Å². The minimum absolute atomic E-state index is 0.288. The minimum atomic E-state index is 0.288. The topological polar surface area (TPSA) is 41.7 Å². The molecule has 1 unspecified atom stereocenters. The lowest BCUT2D eigenvalue weighted by atomic mass is 9.73. The quantitative estimate of drug-likeness (QED) is 0.786. The largest absolute Gasteiger partial charge is 0.375 e. The maximum absolute atomic E-state index is 6.09. The van der Waals surface area contributed by atoms with Gasteiger partial charge in [-0.25, -0.2) is 0 Å². The zero-order valence-electron chi connectivity index (χ0n) is 13.6. The first kappa shape index (κ1) is 15.7. The van der Waals surface area contributed by atoms with Crippen LogP contribution in [-0.2, 0) is 4.74 Å². The molecule has 1 saturated carbocycles. The van der Waals surface area contributed by atoms with E-state index in [1.54, 1.807) is 0 Å². The maximum Gasteiger partial charge on any atom is 0.0697 e. The average Bonchev–Trinajstić information content (AvgIpc) is 2.72. The zero-order chi connectivity index (χ0) is 14.5. The summed E-state index contributed by atoms with van der Waals surface area (Å²) < 4.78 is 6.09. The number of nitrogens with zero attached hydrogens (tertiary/aromatic N) is 2. The molecule has 2 heterocycles. The fourth-order valence-electron chi connectivity index (χ4n) is 4.29. The highest BCUT2D eigenvalue weighted by Crippen LogP contribution is 2.43. The molecule has 3 rings (SSSR count). The van der Waals surface area contributed by atoms with E-state index in [2.05, 4.69) is 9.80 Å². The maximum atomic E-state index is 6.09. The Bertz CT molecular complexity index is 319. The molecular formula is C17H33N3O. The summed E-state index contributed by atoms with van der Waals surface area (Å²) in [5, 5.41) is 0. The van der Waals surface area contributed by atoms with E-state index < -0.39 is 0 Å². The van der Waals surface area contributed by atoms with Crippen molar-refractivity contribution in [3.63, 3.8) is 0 Å². The van der Waals surface area contributed by atoms with Crippen LogP contribution < -0.4 is 5.73 Å². The van der Waals surface area contributed by atoms with Crippen molar-refractivity contribution < 1.29 is 4.74 Å². The van der Waals surface area contributed by atoms with Crippen molar-refractivity contribution in [2.24, 2.45) is 5.73 Å². The summed E-state index contributed by atoms with van der Waals surface area (Å²) in [6, 6.07) is 0.781. The van der Waals surface area contributed by atoms with E-state index in [1.165, 1.54) is 84.1 Å². The van der Waals surface area contributed by atoms with Crippen molar-refractivity contribution in [1.29, 1.82) is 0 Å². The van der Waals surface area contributed by atoms with Crippen molar-refractivity contribution in [2.45, 2.75) is 63.0 Å². The van der Waals surface area contributed by atoms with Gasteiger partial charge in [0.1, 0.15) is 0 Å². The summed E-state index contributed by atoms with van der Waals surface area (Å²) in [6.07, 6.45) is 10.3. The van der Waals surface area contributed by atoms with Crippen LogP contribution in [0.4, 0.5) is 0 Å². The molecule has 0 aromatic carbocycles. The molecule has 0 radical (unpaired) electrons. The zero-order valence-corrected chi connectivity index (χ0v) is 13.6. The van der Waals surface area contributed by atoms with Gasteiger partial charge in [-0.15, -0.1) is 0 Å². The number of hydrogen-bond acceptors (Lipinski definition) is 4. The molecule has 1 atom stereocenters. The molecule has 4 nitrogen and oxygen atoms in total. The van der Waals surface area contributed by atoms with E-state index in [1.807, 2.05) is 0 Å². The van der Waals surface area contributed by atoms with Crippen LogP contribution in [0.15, 0.2) is 0 Å². The predicted molar refractivity (Wildman–Crippen MR) is 86.5 cm³/mol. The van der Waals surface area contributed by atoms with Gasteiger partial charge < -0.3 is 15.4 Å². The fraction of sp³-hybridized carbons (Fsp3) is 1.00. The third-order valence-electron chi connectivity index (χ3n) is 5.80. The van der Waals surface area contributed by atoms with Gasteiger partial charge in [-0.2, -0.15) is 0 Å². The van der Waals surface area contributed by atoms with Crippen LogP contribution in [0.3, 0.4) is 0 Å². The monoisotopic (exact) mass is 295 g/mol. The molecule has 2 N–H and O–H groups in total. The van der Waals surface area contributed by atoms with Crippen molar-refractivity contribution in [3.8, 4) is 0 Å². The summed E-state index contributed by atoms with van der Waals surface area (Å²) in [5.74, 6) is 0. The third kappa shape index (κ3) is 3.98. The van der Waals surface area contributed by atoms with Gasteiger partial charge in [0.2, 0.25) is 0 Å². The molecule has 1 spiro atoms. The Morgan fingerprint density at radius 3 is 2.71 bits per heavy atom. The van der Waals surface area contributed by atoms with Gasteiger partial charge in [0, 0.05) is 25.7 Å². The van der Waals surface area contributed by atoms with Gasteiger partial charge in [0.15, 0.2) is 0 Å². The second-order valence-electron chi connectivity index (χ2n) is 7.26. The highest BCUT2D eigenvalue weighted by molar-refractivity contribution is 4.97. The van der Waals surface area contributed by atoms with E-state index in [9.17, 15) is 0 Å². The second kappa shape index (κ2) is 7.40. The number of unbranched alkanes of at least 4 members (excludes halogenated alkanes) is 1. The lowest BCUT2D eigenvalue weighted by Gasteiger charge is -2.49. The van der Waals surface area contributed by atoms with E-state index in [0.29, 0.717) is 0 Å². The first-order valence-electron chi connectivity index (χ1n) is 9.12. The molecule has 0 amide bonds. The van der Waals surface area contributed by atoms with Crippen molar-refractivity contribution >= 4 is 0 Å².